The summed E-state index contributed by atoms with van der Waals surface area (Å²) in [5.74, 6) is 0.785. The van der Waals surface area contributed by atoms with Crippen LogP contribution < -0.4 is 15.2 Å². The van der Waals surface area contributed by atoms with E-state index >= 15 is 0 Å². The largest absolute Gasteiger partial charge is 0.489 e. The van der Waals surface area contributed by atoms with Gasteiger partial charge in [0, 0.05) is 4.90 Å². The van der Waals surface area contributed by atoms with Gasteiger partial charge in [-0.15, -0.1) is 0 Å². The number of nitrogens with one attached hydrogen (secondary N) is 1. The monoisotopic (exact) mass is 274 g/mol. The Morgan fingerprint density at radius 3 is 2.42 bits per heavy atom. The van der Waals surface area contributed by atoms with Gasteiger partial charge in [0.2, 0.25) is 0 Å². The molecule has 0 aromatic heterocycles. The van der Waals surface area contributed by atoms with Crippen molar-refractivity contribution in [2.45, 2.75) is 11.5 Å². The summed E-state index contributed by atoms with van der Waals surface area (Å²) in [5, 5.41) is 0. The van der Waals surface area contributed by atoms with Gasteiger partial charge in [-0.3, -0.25) is 4.72 Å². The highest BCUT2D eigenvalue weighted by atomic mass is 32.2. The first-order valence-electron chi connectivity index (χ1n) is 5.73. The molecule has 0 spiro atoms. The number of urea groups is 1. The summed E-state index contributed by atoms with van der Waals surface area (Å²) in [6, 6.07) is 16.8. The Hall–Kier alpha value is -2.14. The highest BCUT2D eigenvalue weighted by Crippen LogP contribution is 2.19. The number of primary amides is 1. The Kier molecular flexibility index (Phi) is 4.69. The van der Waals surface area contributed by atoms with E-state index in [4.69, 9.17) is 10.5 Å². The van der Waals surface area contributed by atoms with Gasteiger partial charge in [-0.2, -0.15) is 0 Å². The average Bonchev–Trinajstić information content (AvgIpc) is 2.45. The molecular weight excluding hydrogens is 260 g/mol. The second kappa shape index (κ2) is 6.70. The van der Waals surface area contributed by atoms with Crippen molar-refractivity contribution >= 4 is 18.0 Å². The molecule has 0 atom stereocenters. The zero-order chi connectivity index (χ0) is 13.5. The van der Waals surface area contributed by atoms with E-state index < -0.39 is 6.03 Å². The second-order valence-electron chi connectivity index (χ2n) is 3.81. The predicted molar refractivity (Wildman–Crippen MR) is 75.8 cm³/mol. The van der Waals surface area contributed by atoms with Crippen molar-refractivity contribution in [1.82, 2.24) is 4.72 Å². The molecule has 4 nitrogen and oxygen atoms in total. The SMILES string of the molecule is NC(=O)NSc1ccc(OCc2ccccc2)cc1. The minimum atomic E-state index is -0.561. The fourth-order valence-electron chi connectivity index (χ4n) is 1.45. The van der Waals surface area contributed by atoms with Crippen LogP contribution in [0.1, 0.15) is 5.56 Å². The summed E-state index contributed by atoms with van der Waals surface area (Å²) < 4.78 is 8.11. The fourth-order valence-corrected chi connectivity index (χ4v) is 1.94. The van der Waals surface area contributed by atoms with Crippen LogP contribution in [0.25, 0.3) is 0 Å². The lowest BCUT2D eigenvalue weighted by molar-refractivity contribution is 0.254. The Morgan fingerprint density at radius 1 is 1.11 bits per heavy atom. The van der Waals surface area contributed by atoms with Crippen LogP contribution in [0.4, 0.5) is 4.79 Å². The van der Waals surface area contributed by atoms with Gasteiger partial charge < -0.3 is 10.5 Å². The summed E-state index contributed by atoms with van der Waals surface area (Å²) in [4.78, 5) is 11.5. The first kappa shape index (κ1) is 13.3. The predicted octanol–water partition coefficient (Wildman–Crippen LogP) is 2.94. The van der Waals surface area contributed by atoms with Crippen molar-refractivity contribution in [3.63, 3.8) is 0 Å². The van der Waals surface area contributed by atoms with Gasteiger partial charge in [-0.1, -0.05) is 30.3 Å². The number of rotatable bonds is 5. The fraction of sp³-hybridized carbons (Fsp3) is 0.0714. The van der Waals surface area contributed by atoms with Crippen molar-refractivity contribution < 1.29 is 9.53 Å². The van der Waals surface area contributed by atoms with Gasteiger partial charge in [0.25, 0.3) is 0 Å². The van der Waals surface area contributed by atoms with Crippen molar-refractivity contribution in [2.75, 3.05) is 0 Å². The Balaban J connectivity index is 1.86. The zero-order valence-electron chi connectivity index (χ0n) is 10.2. The topological polar surface area (TPSA) is 64.4 Å². The molecule has 2 aromatic carbocycles. The molecule has 2 aromatic rings. The lowest BCUT2D eigenvalue weighted by atomic mass is 10.2. The standard InChI is InChI=1S/C14H14N2O2S/c15-14(17)16-19-13-8-6-12(7-9-13)18-10-11-4-2-1-3-5-11/h1-9H,10H2,(H3,15,16,17). The number of ether oxygens (including phenoxy) is 1. The highest BCUT2D eigenvalue weighted by Gasteiger charge is 1.98. The number of hydrogen-bond donors (Lipinski definition) is 2. The molecule has 19 heavy (non-hydrogen) atoms. The molecule has 0 radical (unpaired) electrons. The molecule has 5 heteroatoms. The van der Waals surface area contributed by atoms with Crippen LogP contribution in [-0.2, 0) is 6.61 Å². The first-order valence-corrected chi connectivity index (χ1v) is 6.55. The second-order valence-corrected chi connectivity index (χ2v) is 4.69. The van der Waals surface area contributed by atoms with Crippen LogP contribution in [0, 0.1) is 0 Å². The molecule has 0 saturated carbocycles. The smallest absolute Gasteiger partial charge is 0.322 e. The van der Waals surface area contributed by atoms with E-state index in [-0.39, 0.29) is 0 Å². The summed E-state index contributed by atoms with van der Waals surface area (Å²) in [5.41, 5.74) is 6.11. The van der Waals surface area contributed by atoms with Crippen molar-refractivity contribution in [3.8, 4) is 5.75 Å². The van der Waals surface area contributed by atoms with E-state index in [2.05, 4.69) is 4.72 Å². The molecule has 0 heterocycles. The molecule has 0 saturated heterocycles. The number of amides is 2. The molecule has 0 fully saturated rings. The Bertz CT molecular complexity index is 529. The molecular formula is C14H14N2O2S. The molecule has 2 rings (SSSR count). The van der Waals surface area contributed by atoms with E-state index in [0.717, 1.165) is 16.2 Å². The van der Waals surface area contributed by atoms with Crippen LogP contribution in [0.15, 0.2) is 59.5 Å². The molecule has 0 aliphatic carbocycles. The number of carbonyl (C=O) groups is 1. The number of nitrogens with two attached hydrogens (primary N) is 1. The average molecular weight is 274 g/mol. The van der Waals surface area contributed by atoms with Crippen molar-refractivity contribution in [1.29, 1.82) is 0 Å². The van der Waals surface area contributed by atoms with Crippen LogP contribution in [0.5, 0.6) is 5.75 Å². The molecule has 0 aliphatic rings. The van der Waals surface area contributed by atoms with Gasteiger partial charge in [0.1, 0.15) is 12.4 Å². The number of carbonyl (C=O) groups excluding carboxylic acids is 1. The summed E-state index contributed by atoms with van der Waals surface area (Å²) in [6.07, 6.45) is 0. The minimum Gasteiger partial charge on any atom is -0.489 e. The number of hydrogen-bond acceptors (Lipinski definition) is 3. The van der Waals surface area contributed by atoms with Gasteiger partial charge in [-0.05, 0) is 41.8 Å². The van der Waals surface area contributed by atoms with Gasteiger partial charge in [-0.25, -0.2) is 4.79 Å². The normalized spacial score (nSPS) is 9.89. The molecule has 0 aliphatic heterocycles. The third kappa shape index (κ3) is 4.56. The first-order chi connectivity index (χ1) is 9.24. The molecule has 0 unspecified atom stereocenters. The lowest BCUT2D eigenvalue weighted by Crippen LogP contribution is -2.22. The Morgan fingerprint density at radius 2 is 1.79 bits per heavy atom. The molecule has 2 amide bonds. The summed E-state index contributed by atoms with van der Waals surface area (Å²) in [7, 11) is 0. The summed E-state index contributed by atoms with van der Waals surface area (Å²) in [6.45, 7) is 0.535. The third-order valence-electron chi connectivity index (χ3n) is 2.34. The van der Waals surface area contributed by atoms with Crippen LogP contribution in [0.3, 0.4) is 0 Å². The van der Waals surface area contributed by atoms with E-state index in [1.54, 1.807) is 0 Å². The van der Waals surface area contributed by atoms with Crippen molar-refractivity contribution in [3.05, 3.63) is 60.2 Å². The quantitative estimate of drug-likeness (QED) is 0.824. The van der Waals surface area contributed by atoms with E-state index in [0.29, 0.717) is 6.61 Å². The number of benzene rings is 2. The summed E-state index contributed by atoms with van der Waals surface area (Å²) >= 11 is 1.17. The van der Waals surface area contributed by atoms with E-state index in [9.17, 15) is 4.79 Å². The van der Waals surface area contributed by atoms with Crippen LogP contribution in [0.2, 0.25) is 0 Å². The minimum absolute atomic E-state index is 0.535. The van der Waals surface area contributed by atoms with E-state index in [1.165, 1.54) is 11.9 Å². The van der Waals surface area contributed by atoms with Gasteiger partial charge in [0.15, 0.2) is 0 Å². The highest BCUT2D eigenvalue weighted by molar-refractivity contribution is 7.98. The third-order valence-corrected chi connectivity index (χ3v) is 3.15. The maximum absolute atomic E-state index is 10.6. The molecule has 98 valence electrons. The zero-order valence-corrected chi connectivity index (χ0v) is 11.0. The van der Waals surface area contributed by atoms with Crippen molar-refractivity contribution in [2.24, 2.45) is 5.73 Å². The Labute approximate surface area is 116 Å². The van der Waals surface area contributed by atoms with Crippen LogP contribution in [-0.4, -0.2) is 6.03 Å². The van der Waals surface area contributed by atoms with Crippen LogP contribution >= 0.6 is 11.9 Å². The molecule has 0 bridgehead atoms. The lowest BCUT2D eigenvalue weighted by Gasteiger charge is -2.07. The van der Waals surface area contributed by atoms with Gasteiger partial charge in [0.05, 0.1) is 0 Å². The van der Waals surface area contributed by atoms with E-state index in [1.807, 2.05) is 54.6 Å². The maximum atomic E-state index is 10.6. The van der Waals surface area contributed by atoms with Gasteiger partial charge >= 0.3 is 6.03 Å². The molecule has 3 N–H and O–H groups in total. The maximum Gasteiger partial charge on any atom is 0.322 e.